The lowest BCUT2D eigenvalue weighted by Gasteiger charge is -2.26. The van der Waals surface area contributed by atoms with E-state index in [2.05, 4.69) is 49.8 Å². The van der Waals surface area contributed by atoms with Gasteiger partial charge >= 0.3 is 0 Å². The van der Waals surface area contributed by atoms with E-state index in [0.29, 0.717) is 11.6 Å². The molecule has 1 aliphatic heterocycles. The highest BCUT2D eigenvalue weighted by molar-refractivity contribution is 6.02. The Hall–Kier alpha value is -2.93. The SMILES string of the molecule is Cc1cc(C(=O)Nc2n[nH]c3c2CCN(Cc2ccccc2)C3)no1. The standard InChI is InChI=1S/C18H19N5O2/c1-12-9-15(22-25-12)18(24)19-17-14-7-8-23(11-16(14)20-21-17)10-13-5-3-2-4-6-13/h2-6,9H,7-8,10-11H2,1H3,(H2,19,20,21,24). The van der Waals surface area contributed by atoms with Crippen LogP contribution < -0.4 is 5.32 Å². The monoisotopic (exact) mass is 337 g/mol. The lowest BCUT2D eigenvalue weighted by molar-refractivity contribution is 0.101. The summed E-state index contributed by atoms with van der Waals surface area (Å²) in [5.74, 6) is 0.878. The van der Waals surface area contributed by atoms with E-state index in [1.54, 1.807) is 13.0 Å². The molecular formula is C18H19N5O2. The van der Waals surface area contributed by atoms with Crippen molar-refractivity contribution >= 4 is 11.7 Å². The third-order valence-corrected chi connectivity index (χ3v) is 4.35. The molecule has 7 heteroatoms. The molecule has 0 saturated heterocycles. The number of aryl methyl sites for hydroxylation is 1. The van der Waals surface area contributed by atoms with Gasteiger partial charge in [0.15, 0.2) is 11.5 Å². The summed E-state index contributed by atoms with van der Waals surface area (Å²) >= 11 is 0. The van der Waals surface area contributed by atoms with Gasteiger partial charge in [0.2, 0.25) is 0 Å². The first kappa shape index (κ1) is 15.6. The smallest absolute Gasteiger partial charge is 0.279 e. The minimum absolute atomic E-state index is 0.260. The van der Waals surface area contributed by atoms with Crippen molar-refractivity contribution in [3.05, 3.63) is 64.7 Å². The van der Waals surface area contributed by atoms with E-state index in [9.17, 15) is 4.79 Å². The molecule has 0 bridgehead atoms. The molecule has 4 rings (SSSR count). The number of rotatable bonds is 4. The molecule has 0 fully saturated rings. The summed E-state index contributed by atoms with van der Waals surface area (Å²) in [4.78, 5) is 14.6. The van der Waals surface area contributed by atoms with Gasteiger partial charge in [0, 0.05) is 31.3 Å². The molecule has 7 nitrogen and oxygen atoms in total. The molecule has 2 N–H and O–H groups in total. The molecule has 128 valence electrons. The lowest BCUT2D eigenvalue weighted by Crippen LogP contribution is -2.30. The van der Waals surface area contributed by atoms with Crippen molar-refractivity contribution < 1.29 is 9.32 Å². The normalized spacial score (nSPS) is 14.3. The molecule has 2 aromatic heterocycles. The summed E-state index contributed by atoms with van der Waals surface area (Å²) in [7, 11) is 0. The highest BCUT2D eigenvalue weighted by Crippen LogP contribution is 2.25. The number of aromatic nitrogens is 3. The molecule has 0 unspecified atom stereocenters. The molecule has 1 aromatic carbocycles. The Labute approximate surface area is 145 Å². The van der Waals surface area contributed by atoms with Crippen LogP contribution in [0.1, 0.15) is 33.1 Å². The number of nitrogens with one attached hydrogen (secondary N) is 2. The Balaban J connectivity index is 1.44. The van der Waals surface area contributed by atoms with Gasteiger partial charge in [0.25, 0.3) is 5.91 Å². The van der Waals surface area contributed by atoms with Crippen LogP contribution in [-0.4, -0.2) is 32.7 Å². The van der Waals surface area contributed by atoms with Crippen LogP contribution in [0.2, 0.25) is 0 Å². The van der Waals surface area contributed by atoms with Crippen molar-refractivity contribution in [1.82, 2.24) is 20.3 Å². The number of H-pyrrole nitrogens is 1. The van der Waals surface area contributed by atoms with E-state index < -0.39 is 0 Å². The summed E-state index contributed by atoms with van der Waals surface area (Å²) in [5.41, 5.74) is 3.67. The van der Waals surface area contributed by atoms with Crippen LogP contribution in [0.15, 0.2) is 40.9 Å². The largest absolute Gasteiger partial charge is 0.361 e. The van der Waals surface area contributed by atoms with Crippen molar-refractivity contribution in [2.75, 3.05) is 11.9 Å². The molecule has 3 heterocycles. The predicted molar refractivity (Wildman–Crippen MR) is 92.0 cm³/mol. The van der Waals surface area contributed by atoms with Crippen molar-refractivity contribution in [2.24, 2.45) is 0 Å². The Morgan fingerprint density at radius 2 is 2.20 bits per heavy atom. The first-order valence-corrected chi connectivity index (χ1v) is 8.26. The second kappa shape index (κ2) is 6.52. The highest BCUT2D eigenvalue weighted by Gasteiger charge is 2.23. The van der Waals surface area contributed by atoms with Gasteiger partial charge in [-0.1, -0.05) is 35.5 Å². The zero-order valence-corrected chi connectivity index (χ0v) is 14.0. The van der Waals surface area contributed by atoms with Crippen LogP contribution in [0, 0.1) is 6.92 Å². The average Bonchev–Trinajstić information content (AvgIpc) is 3.22. The second-order valence-corrected chi connectivity index (χ2v) is 6.25. The molecule has 0 spiro atoms. The van der Waals surface area contributed by atoms with Gasteiger partial charge < -0.3 is 9.84 Å². The average molecular weight is 337 g/mol. The number of amides is 1. The van der Waals surface area contributed by atoms with Gasteiger partial charge in [-0.2, -0.15) is 5.10 Å². The number of nitrogens with zero attached hydrogens (tertiary/aromatic N) is 3. The van der Waals surface area contributed by atoms with Crippen molar-refractivity contribution in [1.29, 1.82) is 0 Å². The van der Waals surface area contributed by atoms with Crippen molar-refractivity contribution in [3.63, 3.8) is 0 Å². The van der Waals surface area contributed by atoms with Gasteiger partial charge in [-0.3, -0.25) is 14.8 Å². The zero-order chi connectivity index (χ0) is 17.2. The fraction of sp³-hybridized carbons (Fsp3) is 0.278. The molecule has 0 saturated carbocycles. The number of fused-ring (bicyclic) bond motifs is 1. The lowest BCUT2D eigenvalue weighted by atomic mass is 10.1. The first-order valence-electron chi connectivity index (χ1n) is 8.26. The summed E-state index contributed by atoms with van der Waals surface area (Å²) in [6.07, 6.45) is 0.839. The molecule has 3 aromatic rings. The summed E-state index contributed by atoms with van der Waals surface area (Å²) in [5, 5.41) is 13.9. The van der Waals surface area contributed by atoms with Gasteiger partial charge in [0.1, 0.15) is 5.76 Å². The zero-order valence-electron chi connectivity index (χ0n) is 14.0. The predicted octanol–water partition coefficient (Wildman–Crippen LogP) is 2.52. The van der Waals surface area contributed by atoms with Gasteiger partial charge in [-0.25, -0.2) is 0 Å². The molecular weight excluding hydrogens is 318 g/mol. The van der Waals surface area contributed by atoms with E-state index in [1.165, 1.54) is 5.56 Å². The summed E-state index contributed by atoms with van der Waals surface area (Å²) in [6, 6.07) is 12.0. The Morgan fingerprint density at radius 3 is 2.96 bits per heavy atom. The topological polar surface area (TPSA) is 87.0 Å². The minimum Gasteiger partial charge on any atom is -0.361 e. The van der Waals surface area contributed by atoms with Crippen LogP contribution in [0.5, 0.6) is 0 Å². The van der Waals surface area contributed by atoms with E-state index in [1.807, 2.05) is 6.07 Å². The molecule has 1 amide bonds. The third kappa shape index (κ3) is 3.32. The summed E-state index contributed by atoms with van der Waals surface area (Å²) in [6.45, 7) is 4.37. The van der Waals surface area contributed by atoms with Crippen LogP contribution in [0.3, 0.4) is 0 Å². The number of carbonyl (C=O) groups excluding carboxylic acids is 1. The van der Waals surface area contributed by atoms with Crippen LogP contribution in [-0.2, 0) is 19.5 Å². The number of hydrogen-bond donors (Lipinski definition) is 2. The number of hydrogen-bond acceptors (Lipinski definition) is 5. The fourth-order valence-corrected chi connectivity index (χ4v) is 3.10. The molecule has 25 heavy (non-hydrogen) atoms. The Bertz CT molecular complexity index is 884. The number of aromatic amines is 1. The number of benzene rings is 1. The van der Waals surface area contributed by atoms with Crippen LogP contribution in [0.4, 0.5) is 5.82 Å². The van der Waals surface area contributed by atoms with E-state index in [-0.39, 0.29) is 11.6 Å². The van der Waals surface area contributed by atoms with E-state index >= 15 is 0 Å². The second-order valence-electron chi connectivity index (χ2n) is 6.25. The Kier molecular flexibility index (Phi) is 4.07. The van der Waals surface area contributed by atoms with Crippen LogP contribution in [0.25, 0.3) is 0 Å². The van der Waals surface area contributed by atoms with E-state index in [0.717, 1.165) is 37.3 Å². The maximum absolute atomic E-state index is 12.2. The van der Waals surface area contributed by atoms with Crippen LogP contribution >= 0.6 is 0 Å². The fourth-order valence-electron chi connectivity index (χ4n) is 3.10. The molecule has 0 aliphatic carbocycles. The highest BCUT2D eigenvalue weighted by atomic mass is 16.5. The molecule has 0 atom stereocenters. The molecule has 1 aliphatic rings. The number of anilines is 1. The van der Waals surface area contributed by atoms with E-state index in [4.69, 9.17) is 4.52 Å². The maximum atomic E-state index is 12.2. The van der Waals surface area contributed by atoms with Crippen molar-refractivity contribution in [2.45, 2.75) is 26.4 Å². The van der Waals surface area contributed by atoms with Gasteiger partial charge in [0.05, 0.1) is 5.69 Å². The minimum atomic E-state index is -0.308. The van der Waals surface area contributed by atoms with Gasteiger partial charge in [-0.05, 0) is 18.9 Å². The van der Waals surface area contributed by atoms with Gasteiger partial charge in [-0.15, -0.1) is 0 Å². The maximum Gasteiger partial charge on any atom is 0.279 e. The molecule has 0 radical (unpaired) electrons. The Morgan fingerprint density at radius 1 is 1.36 bits per heavy atom. The third-order valence-electron chi connectivity index (χ3n) is 4.35. The quantitative estimate of drug-likeness (QED) is 0.764. The first-order chi connectivity index (χ1) is 12.2. The number of carbonyl (C=O) groups is 1. The van der Waals surface area contributed by atoms with Crippen molar-refractivity contribution in [3.8, 4) is 0 Å². The summed E-state index contributed by atoms with van der Waals surface area (Å²) < 4.78 is 4.94.